The van der Waals surface area contributed by atoms with Crippen LogP contribution in [0.2, 0.25) is 0 Å². The van der Waals surface area contributed by atoms with E-state index in [1.54, 1.807) is 13.8 Å². The van der Waals surface area contributed by atoms with E-state index in [2.05, 4.69) is 0 Å². The van der Waals surface area contributed by atoms with Crippen LogP contribution < -0.4 is 4.72 Å². The molecule has 0 aromatic heterocycles. The van der Waals surface area contributed by atoms with E-state index in [0.29, 0.717) is 18.6 Å². The molecule has 25 heavy (non-hydrogen) atoms. The van der Waals surface area contributed by atoms with Crippen molar-refractivity contribution in [3.63, 3.8) is 0 Å². The molecule has 0 aliphatic rings. The minimum Gasteiger partial charge on any atom is -0.760 e. The first kappa shape index (κ1) is 21.6. The summed E-state index contributed by atoms with van der Waals surface area (Å²) in [5.41, 5.74) is -1.06. The Bertz CT molecular complexity index is 640. The summed E-state index contributed by atoms with van der Waals surface area (Å²) in [5.74, 6) is -4.40. The third-order valence-corrected chi connectivity index (χ3v) is 4.01. The first-order valence-corrected chi connectivity index (χ1v) is 8.85. The van der Waals surface area contributed by atoms with Crippen LogP contribution in [0.3, 0.4) is 0 Å². The average Bonchev–Trinajstić information content (AvgIpc) is 2.46. The smallest absolute Gasteiger partial charge is 0.306 e. The Morgan fingerprint density at radius 2 is 1.88 bits per heavy atom. The summed E-state index contributed by atoms with van der Waals surface area (Å²) in [6.45, 7) is 5.42. The number of ether oxygens (including phenoxy) is 1. The summed E-state index contributed by atoms with van der Waals surface area (Å²) >= 11 is -2.79. The predicted octanol–water partition coefficient (Wildman–Crippen LogP) is 3.43. The van der Waals surface area contributed by atoms with Crippen molar-refractivity contribution in [3.8, 4) is 0 Å². The summed E-state index contributed by atoms with van der Waals surface area (Å²) in [4.78, 5) is 11.9. The standard InChI is InChI=1S/C16H22F3NO4S/c1-4-7-16(2,3)24-15(21)6-5-14(20-25(22)23)10-8-12(18)13(19)9-11(10)17/h8-9,14,20H,4-7H2,1-3H3,(H,22,23)/p-1/t14-/m1/s1. The van der Waals surface area contributed by atoms with Gasteiger partial charge in [-0.25, -0.2) is 17.9 Å². The number of nitrogens with one attached hydrogen (secondary N) is 1. The van der Waals surface area contributed by atoms with Gasteiger partial charge < -0.3 is 9.29 Å². The minimum atomic E-state index is -2.79. The van der Waals surface area contributed by atoms with Crippen LogP contribution in [0, 0.1) is 17.5 Å². The van der Waals surface area contributed by atoms with Crippen LogP contribution in [-0.2, 0) is 20.8 Å². The van der Waals surface area contributed by atoms with Gasteiger partial charge in [-0.2, -0.15) is 0 Å². The Hall–Kier alpha value is -1.45. The zero-order valence-corrected chi connectivity index (χ0v) is 15.1. The largest absolute Gasteiger partial charge is 0.760 e. The molecular formula is C16H21F3NO4S-. The number of hydrogen-bond acceptors (Lipinski definition) is 4. The number of hydrogen-bond donors (Lipinski definition) is 1. The van der Waals surface area contributed by atoms with Gasteiger partial charge in [-0.05, 0) is 32.8 Å². The van der Waals surface area contributed by atoms with Crippen LogP contribution in [0.15, 0.2) is 12.1 Å². The van der Waals surface area contributed by atoms with Crippen molar-refractivity contribution < 1.29 is 31.5 Å². The van der Waals surface area contributed by atoms with Gasteiger partial charge in [-0.3, -0.25) is 9.00 Å². The number of halogens is 3. The first-order chi connectivity index (χ1) is 11.6. The molecule has 1 rings (SSSR count). The van der Waals surface area contributed by atoms with Crippen LogP contribution in [-0.4, -0.2) is 20.3 Å². The Balaban J connectivity index is 2.86. The summed E-state index contributed by atoms with van der Waals surface area (Å²) in [6.07, 6.45) is 1.06. The molecule has 142 valence electrons. The zero-order chi connectivity index (χ0) is 19.2. The van der Waals surface area contributed by atoms with Crippen molar-refractivity contribution in [2.45, 2.75) is 58.1 Å². The summed E-state index contributed by atoms with van der Waals surface area (Å²) in [7, 11) is 0. The quantitative estimate of drug-likeness (QED) is 0.404. The Morgan fingerprint density at radius 3 is 2.44 bits per heavy atom. The number of benzene rings is 1. The highest BCUT2D eigenvalue weighted by molar-refractivity contribution is 7.77. The van der Waals surface area contributed by atoms with Gasteiger partial charge in [0, 0.05) is 35.4 Å². The second-order valence-electron chi connectivity index (χ2n) is 6.22. The second-order valence-corrected chi connectivity index (χ2v) is 6.92. The van der Waals surface area contributed by atoms with Crippen molar-refractivity contribution in [3.05, 3.63) is 35.1 Å². The maximum absolute atomic E-state index is 13.9. The van der Waals surface area contributed by atoms with Gasteiger partial charge in [-0.15, -0.1) is 0 Å². The molecule has 0 spiro atoms. The fraction of sp³-hybridized carbons (Fsp3) is 0.562. The number of carbonyl (C=O) groups is 1. The Kier molecular flexibility index (Phi) is 8.04. The fourth-order valence-corrected chi connectivity index (χ4v) is 2.95. The van der Waals surface area contributed by atoms with E-state index in [1.807, 2.05) is 11.6 Å². The number of esters is 1. The molecule has 0 saturated heterocycles. The highest BCUT2D eigenvalue weighted by atomic mass is 32.2. The van der Waals surface area contributed by atoms with Crippen molar-refractivity contribution in [2.75, 3.05) is 0 Å². The molecule has 0 radical (unpaired) electrons. The predicted molar refractivity (Wildman–Crippen MR) is 85.4 cm³/mol. The van der Waals surface area contributed by atoms with Crippen molar-refractivity contribution in [1.82, 2.24) is 4.72 Å². The Morgan fingerprint density at radius 1 is 1.28 bits per heavy atom. The van der Waals surface area contributed by atoms with Crippen molar-refractivity contribution in [1.29, 1.82) is 0 Å². The fourth-order valence-electron chi connectivity index (χ4n) is 2.47. The normalized spacial score (nSPS) is 14.2. The van der Waals surface area contributed by atoms with Crippen LogP contribution in [0.4, 0.5) is 13.2 Å². The van der Waals surface area contributed by atoms with Crippen molar-refractivity contribution in [2.24, 2.45) is 0 Å². The van der Waals surface area contributed by atoms with Crippen molar-refractivity contribution >= 4 is 17.2 Å². The molecule has 0 bridgehead atoms. The molecule has 1 aromatic carbocycles. The topological polar surface area (TPSA) is 78.5 Å². The minimum absolute atomic E-state index is 0.170. The van der Waals surface area contributed by atoms with Gasteiger partial charge in [0.15, 0.2) is 11.6 Å². The molecule has 2 atom stereocenters. The van der Waals surface area contributed by atoms with Crippen LogP contribution in [0.5, 0.6) is 0 Å². The molecule has 0 saturated carbocycles. The second kappa shape index (κ2) is 9.30. The molecule has 1 unspecified atom stereocenters. The molecule has 1 aromatic rings. The van der Waals surface area contributed by atoms with E-state index >= 15 is 0 Å². The molecule has 0 fully saturated rings. The summed E-state index contributed by atoms with van der Waals surface area (Å²) in [6, 6.07) is -0.327. The third kappa shape index (κ3) is 7.13. The maximum atomic E-state index is 13.9. The third-order valence-electron chi connectivity index (χ3n) is 3.53. The van der Waals surface area contributed by atoms with Gasteiger partial charge in [0.1, 0.15) is 11.4 Å². The van der Waals surface area contributed by atoms with E-state index in [9.17, 15) is 26.7 Å². The van der Waals surface area contributed by atoms with E-state index in [0.717, 1.165) is 6.42 Å². The number of carbonyl (C=O) groups excluding carboxylic acids is 1. The van der Waals surface area contributed by atoms with Gasteiger partial charge in [0.05, 0.1) is 0 Å². The molecule has 0 amide bonds. The van der Waals surface area contributed by atoms with Gasteiger partial charge in [-0.1, -0.05) is 13.3 Å². The van der Waals surface area contributed by atoms with Gasteiger partial charge in [0.25, 0.3) is 0 Å². The molecule has 0 heterocycles. The monoisotopic (exact) mass is 380 g/mol. The molecule has 0 aliphatic carbocycles. The average molecular weight is 380 g/mol. The van der Waals surface area contributed by atoms with E-state index in [1.165, 1.54) is 0 Å². The lowest BCUT2D eigenvalue weighted by atomic mass is 10.0. The Labute approximate surface area is 147 Å². The van der Waals surface area contributed by atoms with E-state index < -0.39 is 46.3 Å². The highest BCUT2D eigenvalue weighted by Gasteiger charge is 2.24. The highest BCUT2D eigenvalue weighted by Crippen LogP contribution is 2.25. The zero-order valence-electron chi connectivity index (χ0n) is 14.2. The van der Waals surface area contributed by atoms with Crippen LogP contribution in [0.1, 0.15) is 58.1 Å². The molecule has 1 N–H and O–H groups in total. The molecule has 0 aliphatic heterocycles. The lowest BCUT2D eigenvalue weighted by Crippen LogP contribution is -2.29. The van der Waals surface area contributed by atoms with Crippen LogP contribution in [0.25, 0.3) is 0 Å². The number of rotatable bonds is 9. The molecular weight excluding hydrogens is 359 g/mol. The first-order valence-electron chi connectivity index (χ1n) is 7.77. The summed E-state index contributed by atoms with van der Waals surface area (Å²) < 4.78 is 69.3. The van der Waals surface area contributed by atoms with E-state index in [-0.39, 0.29) is 18.4 Å². The lowest BCUT2D eigenvalue weighted by molar-refractivity contribution is -0.157. The van der Waals surface area contributed by atoms with Crippen LogP contribution >= 0.6 is 0 Å². The van der Waals surface area contributed by atoms with Gasteiger partial charge in [0.2, 0.25) is 0 Å². The van der Waals surface area contributed by atoms with Gasteiger partial charge >= 0.3 is 5.97 Å². The van der Waals surface area contributed by atoms with E-state index in [4.69, 9.17) is 4.74 Å². The maximum Gasteiger partial charge on any atom is 0.306 e. The lowest BCUT2D eigenvalue weighted by Gasteiger charge is -2.25. The molecule has 5 nitrogen and oxygen atoms in total. The summed E-state index contributed by atoms with van der Waals surface area (Å²) in [5, 5.41) is 0. The molecule has 9 heteroatoms. The SMILES string of the molecule is CCCC(C)(C)OC(=O)CC[C@@H](NS(=O)[O-])c1cc(F)c(F)cc1F.